The number of nitrogens with two attached hydrogens (primary N) is 1. The summed E-state index contributed by atoms with van der Waals surface area (Å²) in [4.78, 5) is 11.6. The summed E-state index contributed by atoms with van der Waals surface area (Å²) in [5.74, 6) is -0.436. The molecule has 19 heavy (non-hydrogen) atoms. The predicted molar refractivity (Wildman–Crippen MR) is 78.4 cm³/mol. The Labute approximate surface area is 118 Å². The van der Waals surface area contributed by atoms with Gasteiger partial charge in [0.1, 0.15) is 0 Å². The number of nitrogen functional groups attached to an aromatic ring is 1. The van der Waals surface area contributed by atoms with Gasteiger partial charge in [-0.25, -0.2) is 13.1 Å². The topological polar surface area (TPSA) is 89.3 Å². The average Bonchev–Trinajstić information content (AvgIpc) is 2.25. The fourth-order valence-corrected chi connectivity index (χ4v) is 2.88. The van der Waals surface area contributed by atoms with Gasteiger partial charge in [-0.15, -0.1) is 11.8 Å². The van der Waals surface area contributed by atoms with Crippen LogP contribution in [0.2, 0.25) is 0 Å². The van der Waals surface area contributed by atoms with E-state index >= 15 is 0 Å². The molecular weight excluding hydrogens is 284 g/mol. The number of carbonyl (C=O) groups excluding carboxylic acids is 1. The van der Waals surface area contributed by atoms with Gasteiger partial charge in [-0.2, -0.15) is 0 Å². The Bertz CT molecular complexity index is 545. The molecule has 106 valence electrons. The fraction of sp³-hybridized carbons (Fsp3) is 0.417. The number of thioether (sulfide) groups is 1. The Hall–Kier alpha value is -1.21. The van der Waals surface area contributed by atoms with Crippen molar-refractivity contribution >= 4 is 33.4 Å². The van der Waals surface area contributed by atoms with Crippen LogP contribution in [0, 0.1) is 0 Å². The zero-order valence-electron chi connectivity index (χ0n) is 11.1. The van der Waals surface area contributed by atoms with Gasteiger partial charge >= 0.3 is 0 Å². The van der Waals surface area contributed by atoms with E-state index in [2.05, 4.69) is 0 Å². The molecule has 0 bridgehead atoms. The molecule has 3 N–H and O–H groups in total. The molecule has 1 aromatic carbocycles. The molecule has 0 saturated heterocycles. The quantitative estimate of drug-likeness (QED) is 0.825. The van der Waals surface area contributed by atoms with E-state index in [0.717, 1.165) is 0 Å². The molecule has 0 aliphatic carbocycles. The molecule has 0 heterocycles. The molecule has 1 aromatic rings. The third-order valence-corrected chi connectivity index (χ3v) is 4.74. The zero-order chi connectivity index (χ0) is 14.7. The molecule has 0 aromatic heterocycles. The van der Waals surface area contributed by atoms with Crippen molar-refractivity contribution in [1.82, 2.24) is 4.72 Å². The maximum absolute atomic E-state index is 11.9. The van der Waals surface area contributed by atoms with Crippen molar-refractivity contribution in [2.75, 3.05) is 11.5 Å². The molecule has 1 rings (SSSR count). The smallest absolute Gasteiger partial charge is 0.264 e. The number of sulfonamides is 1. The standard InChI is InChI=1S/C12H18N2O3S2/c1-12(2,3)18-8-11(15)14-19(16,17)10-6-4-9(13)5-7-10/h4-7H,8,13H2,1-3H3,(H,14,15). The normalized spacial score (nSPS) is 12.2. The first kappa shape index (κ1) is 15.8. The van der Waals surface area contributed by atoms with Crippen molar-refractivity contribution in [3.8, 4) is 0 Å². The Morgan fingerprint density at radius 2 is 1.79 bits per heavy atom. The number of hydrogen-bond acceptors (Lipinski definition) is 5. The molecular formula is C12H18N2O3S2. The first-order valence-electron chi connectivity index (χ1n) is 5.65. The maximum Gasteiger partial charge on any atom is 0.264 e. The van der Waals surface area contributed by atoms with Crippen LogP contribution in [-0.4, -0.2) is 24.8 Å². The second kappa shape index (κ2) is 5.83. The molecule has 0 fully saturated rings. The van der Waals surface area contributed by atoms with E-state index in [9.17, 15) is 13.2 Å². The second-order valence-electron chi connectivity index (χ2n) is 5.00. The first-order chi connectivity index (χ1) is 8.60. The third-order valence-electron chi connectivity index (χ3n) is 2.07. The molecule has 0 radical (unpaired) electrons. The number of hydrogen-bond donors (Lipinski definition) is 2. The Morgan fingerprint density at radius 3 is 2.26 bits per heavy atom. The highest BCUT2D eigenvalue weighted by Crippen LogP contribution is 2.22. The van der Waals surface area contributed by atoms with Crippen LogP contribution in [0.5, 0.6) is 0 Å². The van der Waals surface area contributed by atoms with Crippen LogP contribution in [0.4, 0.5) is 5.69 Å². The van der Waals surface area contributed by atoms with Gasteiger partial charge in [-0.05, 0) is 24.3 Å². The van der Waals surface area contributed by atoms with Crippen LogP contribution in [-0.2, 0) is 14.8 Å². The monoisotopic (exact) mass is 302 g/mol. The highest BCUT2D eigenvalue weighted by molar-refractivity contribution is 8.01. The highest BCUT2D eigenvalue weighted by atomic mass is 32.2. The van der Waals surface area contributed by atoms with Gasteiger partial charge in [-0.1, -0.05) is 20.8 Å². The molecule has 0 aliphatic heterocycles. The lowest BCUT2D eigenvalue weighted by molar-refractivity contribution is -0.116. The van der Waals surface area contributed by atoms with Gasteiger partial charge < -0.3 is 5.73 Å². The van der Waals surface area contributed by atoms with Crippen LogP contribution < -0.4 is 10.5 Å². The van der Waals surface area contributed by atoms with Crippen LogP contribution >= 0.6 is 11.8 Å². The van der Waals surface area contributed by atoms with E-state index in [-0.39, 0.29) is 15.4 Å². The summed E-state index contributed by atoms with van der Waals surface area (Å²) >= 11 is 1.38. The van der Waals surface area contributed by atoms with Gasteiger partial charge in [0.25, 0.3) is 10.0 Å². The minimum absolute atomic E-state index is 0.0239. The lowest BCUT2D eigenvalue weighted by Crippen LogP contribution is -2.32. The molecule has 1 amide bonds. The van der Waals surface area contributed by atoms with E-state index in [1.165, 1.54) is 36.0 Å². The van der Waals surface area contributed by atoms with E-state index in [1.54, 1.807) is 0 Å². The van der Waals surface area contributed by atoms with Crippen molar-refractivity contribution in [1.29, 1.82) is 0 Å². The van der Waals surface area contributed by atoms with Gasteiger partial charge in [-0.3, -0.25) is 4.79 Å². The van der Waals surface area contributed by atoms with Gasteiger partial charge in [0.15, 0.2) is 0 Å². The number of nitrogens with one attached hydrogen (secondary N) is 1. The van der Waals surface area contributed by atoms with Crippen LogP contribution in [0.3, 0.4) is 0 Å². The maximum atomic E-state index is 11.9. The number of benzene rings is 1. The van der Waals surface area contributed by atoms with Crippen molar-refractivity contribution < 1.29 is 13.2 Å². The molecule has 0 atom stereocenters. The number of amides is 1. The Morgan fingerprint density at radius 1 is 1.26 bits per heavy atom. The fourth-order valence-electron chi connectivity index (χ4n) is 1.17. The van der Waals surface area contributed by atoms with E-state index in [0.29, 0.717) is 5.69 Å². The summed E-state index contributed by atoms with van der Waals surface area (Å²) in [6.07, 6.45) is 0. The van der Waals surface area contributed by atoms with E-state index in [4.69, 9.17) is 5.73 Å². The molecule has 0 spiro atoms. The molecule has 7 heteroatoms. The largest absolute Gasteiger partial charge is 0.399 e. The summed E-state index contributed by atoms with van der Waals surface area (Å²) in [6.45, 7) is 5.87. The van der Waals surface area contributed by atoms with Gasteiger partial charge in [0.05, 0.1) is 10.6 Å². The van der Waals surface area contributed by atoms with E-state index in [1.807, 2.05) is 25.5 Å². The van der Waals surface area contributed by atoms with Crippen molar-refractivity contribution in [3.05, 3.63) is 24.3 Å². The molecule has 0 aliphatic rings. The Balaban J connectivity index is 2.70. The van der Waals surface area contributed by atoms with Crippen molar-refractivity contribution in [3.63, 3.8) is 0 Å². The van der Waals surface area contributed by atoms with Crippen LogP contribution in [0.15, 0.2) is 29.2 Å². The summed E-state index contributed by atoms with van der Waals surface area (Å²) in [7, 11) is -3.81. The third kappa shape index (κ3) is 5.52. The van der Waals surface area contributed by atoms with Crippen molar-refractivity contribution in [2.45, 2.75) is 30.4 Å². The molecule has 0 saturated carbocycles. The Kier molecular flexibility index (Phi) is 4.86. The summed E-state index contributed by atoms with van der Waals surface area (Å²) < 4.78 is 25.7. The molecule has 5 nitrogen and oxygen atoms in total. The second-order valence-corrected chi connectivity index (χ2v) is 8.48. The van der Waals surface area contributed by atoms with Crippen LogP contribution in [0.25, 0.3) is 0 Å². The van der Waals surface area contributed by atoms with Gasteiger partial charge in [0, 0.05) is 10.4 Å². The molecule has 0 unspecified atom stereocenters. The zero-order valence-corrected chi connectivity index (χ0v) is 12.8. The number of rotatable bonds is 4. The van der Waals surface area contributed by atoms with Gasteiger partial charge in [0.2, 0.25) is 5.91 Å². The minimum Gasteiger partial charge on any atom is -0.399 e. The number of carbonyl (C=O) groups is 1. The lowest BCUT2D eigenvalue weighted by atomic mass is 10.3. The highest BCUT2D eigenvalue weighted by Gasteiger charge is 2.19. The minimum atomic E-state index is -3.81. The summed E-state index contributed by atoms with van der Waals surface area (Å²) in [5.41, 5.74) is 5.95. The predicted octanol–water partition coefficient (Wildman–Crippen LogP) is 1.61. The average molecular weight is 302 g/mol. The number of anilines is 1. The SMILES string of the molecule is CC(C)(C)SCC(=O)NS(=O)(=O)c1ccc(N)cc1. The summed E-state index contributed by atoms with van der Waals surface area (Å²) in [6, 6.07) is 5.68. The van der Waals surface area contributed by atoms with Crippen molar-refractivity contribution in [2.24, 2.45) is 0 Å². The van der Waals surface area contributed by atoms with E-state index < -0.39 is 15.9 Å². The summed E-state index contributed by atoms with van der Waals surface area (Å²) in [5, 5.41) is 0. The van der Waals surface area contributed by atoms with Crippen LogP contribution in [0.1, 0.15) is 20.8 Å². The first-order valence-corrected chi connectivity index (χ1v) is 8.12. The lowest BCUT2D eigenvalue weighted by Gasteiger charge is -2.17.